The van der Waals surface area contributed by atoms with Crippen LogP contribution in [0, 0.1) is 13.8 Å². The molecule has 1 unspecified atom stereocenters. The van der Waals surface area contributed by atoms with Crippen molar-refractivity contribution in [2.24, 2.45) is 5.73 Å². The maximum absolute atomic E-state index is 11.8. The lowest BCUT2D eigenvalue weighted by atomic mass is 10.2. The zero-order valence-corrected chi connectivity index (χ0v) is 13.3. The molecule has 2 aromatic rings. The number of benzene rings is 1. The molecule has 8 heteroatoms. The highest BCUT2D eigenvalue weighted by Crippen LogP contribution is 2.26. The number of para-hydroxylation sites is 1. The Bertz CT molecular complexity index is 713. The van der Waals surface area contributed by atoms with Crippen molar-refractivity contribution < 1.29 is 9.59 Å². The van der Waals surface area contributed by atoms with Crippen LogP contribution in [0.2, 0.25) is 0 Å². The summed E-state index contributed by atoms with van der Waals surface area (Å²) in [5, 5.41) is 10.3. The number of nitrogens with zero attached hydrogens (tertiary/aromatic N) is 3. The van der Waals surface area contributed by atoms with Gasteiger partial charge in [0.25, 0.3) is 0 Å². The monoisotopic (exact) mass is 319 g/mol. The maximum atomic E-state index is 11.8. The number of hydrogen-bond acceptors (Lipinski definition) is 5. The first-order valence-electron chi connectivity index (χ1n) is 6.65. The minimum Gasteiger partial charge on any atom is -0.351 e. The second-order valence-corrected chi connectivity index (χ2v) is 6.07. The van der Waals surface area contributed by atoms with Crippen LogP contribution in [0.5, 0.6) is 0 Å². The molecule has 0 aliphatic rings. The van der Waals surface area contributed by atoms with E-state index in [1.807, 2.05) is 42.7 Å². The predicted octanol–water partition coefficient (Wildman–Crippen LogP) is 1.56. The molecule has 0 radical (unpaired) electrons. The number of carbonyl (C=O) groups is 2. The average Bonchev–Trinajstić information content (AvgIpc) is 2.79. The number of rotatable bonds is 4. The van der Waals surface area contributed by atoms with E-state index in [0.29, 0.717) is 5.16 Å². The van der Waals surface area contributed by atoms with Gasteiger partial charge in [0.15, 0.2) is 5.16 Å². The number of carbonyl (C=O) groups excluding carboxylic acids is 2. The van der Waals surface area contributed by atoms with Crippen molar-refractivity contribution in [2.75, 3.05) is 0 Å². The summed E-state index contributed by atoms with van der Waals surface area (Å²) < 4.78 is 1.88. The minimum absolute atomic E-state index is 0.463. The van der Waals surface area contributed by atoms with Crippen molar-refractivity contribution >= 4 is 23.7 Å². The Labute approximate surface area is 132 Å². The molecule has 0 fully saturated rings. The van der Waals surface area contributed by atoms with E-state index in [1.165, 1.54) is 11.8 Å². The molecule has 3 N–H and O–H groups in total. The molecule has 0 saturated heterocycles. The number of thioether (sulfide) groups is 1. The fourth-order valence-electron chi connectivity index (χ4n) is 1.95. The quantitative estimate of drug-likeness (QED) is 0.832. The Kier molecular flexibility index (Phi) is 4.81. The standard InChI is InChI=1S/C14H17N5O2S/c1-8-6-4-5-7-11(8)19-10(3)17-18-14(19)22-9(2)12(20)16-13(15)21/h4-7,9H,1-3H3,(H3,15,16,20,21). The third-order valence-electron chi connectivity index (χ3n) is 3.05. The van der Waals surface area contributed by atoms with Gasteiger partial charge in [-0.1, -0.05) is 30.0 Å². The fourth-order valence-corrected chi connectivity index (χ4v) is 2.85. The zero-order chi connectivity index (χ0) is 16.3. The van der Waals surface area contributed by atoms with Crippen molar-refractivity contribution in [3.63, 3.8) is 0 Å². The molecule has 0 spiro atoms. The SMILES string of the molecule is Cc1ccccc1-n1c(C)nnc1SC(C)C(=O)NC(N)=O. The molecule has 1 heterocycles. The van der Waals surface area contributed by atoms with Crippen molar-refractivity contribution in [2.45, 2.75) is 31.2 Å². The Balaban J connectivity index is 2.29. The number of aromatic nitrogens is 3. The Morgan fingerprint density at radius 1 is 1.27 bits per heavy atom. The van der Waals surface area contributed by atoms with Crippen LogP contribution in [0.25, 0.3) is 5.69 Å². The summed E-state index contributed by atoms with van der Waals surface area (Å²) in [6.07, 6.45) is 0. The van der Waals surface area contributed by atoms with Crippen LogP contribution in [0.15, 0.2) is 29.4 Å². The molecule has 22 heavy (non-hydrogen) atoms. The lowest BCUT2D eigenvalue weighted by Gasteiger charge is -2.13. The zero-order valence-electron chi connectivity index (χ0n) is 12.5. The first kappa shape index (κ1) is 16.0. The smallest absolute Gasteiger partial charge is 0.318 e. The van der Waals surface area contributed by atoms with Gasteiger partial charge in [0.1, 0.15) is 5.82 Å². The molecule has 1 aromatic carbocycles. The summed E-state index contributed by atoms with van der Waals surface area (Å²) in [7, 11) is 0. The molecule has 116 valence electrons. The van der Waals surface area contributed by atoms with Gasteiger partial charge in [0, 0.05) is 0 Å². The van der Waals surface area contributed by atoms with Crippen molar-refractivity contribution in [1.29, 1.82) is 0 Å². The Morgan fingerprint density at radius 3 is 2.59 bits per heavy atom. The number of nitrogens with one attached hydrogen (secondary N) is 1. The van der Waals surface area contributed by atoms with Crippen LogP contribution >= 0.6 is 11.8 Å². The molecular formula is C14H17N5O2S. The van der Waals surface area contributed by atoms with Gasteiger partial charge in [-0.2, -0.15) is 0 Å². The number of hydrogen-bond donors (Lipinski definition) is 2. The molecule has 3 amide bonds. The third-order valence-corrected chi connectivity index (χ3v) is 4.09. The van der Waals surface area contributed by atoms with Gasteiger partial charge < -0.3 is 5.73 Å². The van der Waals surface area contributed by atoms with Crippen molar-refractivity contribution in [3.8, 4) is 5.69 Å². The van der Waals surface area contributed by atoms with Crippen LogP contribution in [-0.2, 0) is 4.79 Å². The lowest BCUT2D eigenvalue weighted by Crippen LogP contribution is -2.39. The van der Waals surface area contributed by atoms with E-state index in [9.17, 15) is 9.59 Å². The summed E-state index contributed by atoms with van der Waals surface area (Å²) in [6, 6.07) is 6.97. The van der Waals surface area contributed by atoms with E-state index < -0.39 is 17.2 Å². The van der Waals surface area contributed by atoms with E-state index in [4.69, 9.17) is 5.73 Å². The van der Waals surface area contributed by atoms with Crippen LogP contribution < -0.4 is 11.1 Å². The summed E-state index contributed by atoms with van der Waals surface area (Å²) in [6.45, 7) is 5.51. The van der Waals surface area contributed by atoms with E-state index in [1.54, 1.807) is 6.92 Å². The van der Waals surface area contributed by atoms with E-state index in [0.717, 1.165) is 17.1 Å². The maximum Gasteiger partial charge on any atom is 0.318 e. The summed E-state index contributed by atoms with van der Waals surface area (Å²) in [4.78, 5) is 22.5. The first-order chi connectivity index (χ1) is 10.4. The molecule has 1 aromatic heterocycles. The highest BCUT2D eigenvalue weighted by molar-refractivity contribution is 8.00. The van der Waals surface area contributed by atoms with Gasteiger partial charge in [0.2, 0.25) is 5.91 Å². The largest absolute Gasteiger partial charge is 0.351 e. The van der Waals surface area contributed by atoms with Crippen molar-refractivity contribution in [3.05, 3.63) is 35.7 Å². The number of imide groups is 1. The van der Waals surface area contributed by atoms with Crippen LogP contribution in [0.1, 0.15) is 18.3 Å². The first-order valence-corrected chi connectivity index (χ1v) is 7.53. The van der Waals surface area contributed by atoms with Crippen LogP contribution in [-0.4, -0.2) is 32.0 Å². The van der Waals surface area contributed by atoms with Gasteiger partial charge >= 0.3 is 6.03 Å². The lowest BCUT2D eigenvalue weighted by molar-refractivity contribution is -0.119. The minimum atomic E-state index is -0.867. The number of nitrogens with two attached hydrogens (primary N) is 1. The highest BCUT2D eigenvalue weighted by atomic mass is 32.2. The van der Waals surface area contributed by atoms with Crippen LogP contribution in [0.4, 0.5) is 4.79 Å². The Morgan fingerprint density at radius 2 is 1.95 bits per heavy atom. The third kappa shape index (κ3) is 3.45. The average molecular weight is 319 g/mol. The number of primary amides is 1. The highest BCUT2D eigenvalue weighted by Gasteiger charge is 2.21. The van der Waals surface area contributed by atoms with Gasteiger partial charge in [-0.25, -0.2) is 4.79 Å². The van der Waals surface area contributed by atoms with Crippen molar-refractivity contribution in [1.82, 2.24) is 20.1 Å². The molecule has 0 saturated carbocycles. The molecule has 1 atom stereocenters. The second kappa shape index (κ2) is 6.61. The topological polar surface area (TPSA) is 103 Å². The number of urea groups is 1. The van der Waals surface area contributed by atoms with E-state index >= 15 is 0 Å². The summed E-state index contributed by atoms with van der Waals surface area (Å²) in [5.41, 5.74) is 6.98. The summed E-state index contributed by atoms with van der Waals surface area (Å²) >= 11 is 1.21. The van der Waals surface area contributed by atoms with Gasteiger partial charge in [-0.05, 0) is 32.4 Å². The number of amides is 3. The number of aryl methyl sites for hydroxylation is 2. The van der Waals surface area contributed by atoms with Gasteiger partial charge in [-0.15, -0.1) is 10.2 Å². The second-order valence-electron chi connectivity index (χ2n) is 4.77. The predicted molar refractivity (Wildman–Crippen MR) is 83.9 cm³/mol. The summed E-state index contributed by atoms with van der Waals surface area (Å²) in [5.74, 6) is 0.258. The fraction of sp³-hybridized carbons (Fsp3) is 0.286. The van der Waals surface area contributed by atoms with E-state index in [-0.39, 0.29) is 0 Å². The molecule has 2 rings (SSSR count). The molecule has 0 bridgehead atoms. The Hall–Kier alpha value is -2.35. The van der Waals surface area contributed by atoms with E-state index in [2.05, 4.69) is 15.5 Å². The molecular weight excluding hydrogens is 302 g/mol. The normalized spacial score (nSPS) is 12.0. The molecule has 0 aliphatic carbocycles. The van der Waals surface area contributed by atoms with Crippen LogP contribution in [0.3, 0.4) is 0 Å². The van der Waals surface area contributed by atoms with Gasteiger partial charge in [0.05, 0.1) is 10.9 Å². The molecule has 7 nitrogen and oxygen atoms in total. The molecule has 0 aliphatic heterocycles. The van der Waals surface area contributed by atoms with Gasteiger partial charge in [-0.3, -0.25) is 14.7 Å².